The summed E-state index contributed by atoms with van der Waals surface area (Å²) < 4.78 is 20.3. The number of benzene rings is 4. The molecule has 0 saturated carbocycles. The van der Waals surface area contributed by atoms with E-state index in [9.17, 15) is 19.5 Å². The zero-order chi connectivity index (χ0) is 38.7. The van der Waals surface area contributed by atoms with Crippen LogP contribution in [-0.2, 0) is 4.74 Å². The Bertz CT molecular complexity index is 2020. The fraction of sp³-hybridized carbons (Fsp3) is 0.0667. The first kappa shape index (κ1) is 42.4. The third kappa shape index (κ3) is 13.5. The number of rotatable bonds is 2. The number of carbonyl (C=O) groups excluding carboxylic acids is 2. The molecule has 2 aromatic heterocycles. The van der Waals surface area contributed by atoms with E-state index < -0.39 is 11.9 Å². The molecule has 0 fully saturated rings. The number of nitrogens with one attached hydrogen (secondary N) is 2. The average molecular weight is 908 g/mol. The summed E-state index contributed by atoms with van der Waals surface area (Å²) in [5.41, 5.74) is 2.36. The molecule has 2 heterocycles. The van der Waals surface area contributed by atoms with Crippen molar-refractivity contribution in [1.29, 1.82) is 0 Å². The van der Waals surface area contributed by atoms with Gasteiger partial charge in [-0.15, -0.1) is 0 Å². The Morgan fingerprint density at radius 1 is 0.840 bits per heavy atom. The van der Waals surface area contributed by atoms with Crippen molar-refractivity contribution in [3.8, 4) is 11.5 Å². The SMILES string of the molecule is COC(=O)c1ccc(Cl)cc1O.Clc1ccc2c(Cl)noc2c1.NO.O=C(NO)c1ccc(Cl)cc1O.O=c1[nH]oc2cc(Cl)ccc12.[2H]CI. The lowest BCUT2D eigenvalue weighted by molar-refractivity contribution is 0.0597. The number of esters is 1. The van der Waals surface area contributed by atoms with Crippen LogP contribution in [0.2, 0.25) is 25.2 Å². The van der Waals surface area contributed by atoms with Crippen molar-refractivity contribution in [2.24, 2.45) is 5.90 Å². The molecule has 0 atom stereocenters. The molecule has 6 aromatic rings. The van der Waals surface area contributed by atoms with Crippen LogP contribution in [0.15, 0.2) is 86.6 Å². The summed E-state index contributed by atoms with van der Waals surface area (Å²) in [5.74, 6) is 1.71. The van der Waals surface area contributed by atoms with Crippen molar-refractivity contribution < 1.29 is 45.4 Å². The van der Waals surface area contributed by atoms with Gasteiger partial charge < -0.3 is 29.2 Å². The summed E-state index contributed by atoms with van der Waals surface area (Å²) in [6, 6.07) is 18.2. The summed E-state index contributed by atoms with van der Waals surface area (Å²) in [6.07, 6.45) is 0. The largest absolute Gasteiger partial charge is 0.507 e. The van der Waals surface area contributed by atoms with E-state index >= 15 is 0 Å². The molecule has 0 saturated heterocycles. The number of methoxy groups -OCH3 is 1. The van der Waals surface area contributed by atoms with E-state index in [1.165, 1.54) is 49.0 Å². The van der Waals surface area contributed by atoms with E-state index in [4.69, 9.17) is 83.9 Å². The zero-order valence-corrected chi connectivity index (χ0v) is 31.1. The third-order valence-electron chi connectivity index (χ3n) is 5.50. The third-order valence-corrected chi connectivity index (χ3v) is 6.72. The van der Waals surface area contributed by atoms with Crippen molar-refractivity contribution in [2.75, 3.05) is 12.0 Å². The highest BCUT2D eigenvalue weighted by atomic mass is 127. The molecule has 20 heteroatoms. The highest BCUT2D eigenvalue weighted by Gasteiger charge is 2.11. The highest BCUT2D eigenvalue weighted by molar-refractivity contribution is 14.1. The van der Waals surface area contributed by atoms with Gasteiger partial charge in [-0.05, 0) is 65.6 Å². The molecule has 0 bridgehead atoms. The van der Waals surface area contributed by atoms with Gasteiger partial charge in [-0.2, -0.15) is 5.16 Å². The van der Waals surface area contributed by atoms with Crippen LogP contribution >= 0.6 is 80.6 Å². The van der Waals surface area contributed by atoms with Gasteiger partial charge in [0.05, 0.1) is 23.4 Å². The smallest absolute Gasteiger partial charge is 0.341 e. The summed E-state index contributed by atoms with van der Waals surface area (Å²) in [7, 11) is 1.25. The molecular weight excluding hydrogens is 881 g/mol. The standard InChI is InChI=1S/C8H7ClO3.C7H3Cl2NO.C7H6ClNO3.C7H4ClNO2.CH3I.H3NO/c1-12-8(11)6-3-2-5(9)4-7(6)10;8-4-1-2-5-6(3-4)11-10-7(5)9;8-4-1-2-5(6(10)3-4)7(11)9-12;8-4-1-2-5-6(3-4)11-9-7(5)10;2*1-2/h2-4,10H,1H3;1-3H;1-3,10,12H,(H,9,11);1-3H,(H,9,10);1H3;2H,1H2/i;;;;1D;. The van der Waals surface area contributed by atoms with Gasteiger partial charge in [0.25, 0.3) is 11.5 Å². The maximum absolute atomic E-state index is 10.9. The van der Waals surface area contributed by atoms with Crippen LogP contribution in [0.5, 0.6) is 11.5 Å². The minimum absolute atomic E-state index is 0.0260. The van der Waals surface area contributed by atoms with E-state index in [1.807, 2.05) is 22.6 Å². The number of phenolic OH excluding ortho intramolecular Hbond substituents is 2. The first-order valence-corrected chi connectivity index (χ1v) is 16.3. The second-order valence-corrected chi connectivity index (χ2v) is 10.6. The van der Waals surface area contributed by atoms with Gasteiger partial charge in [0.15, 0.2) is 16.3 Å². The van der Waals surface area contributed by atoms with Crippen LogP contribution < -0.4 is 16.9 Å². The molecule has 0 radical (unpaired) electrons. The number of aromatic amines is 1. The Morgan fingerprint density at radius 2 is 1.30 bits per heavy atom. The Balaban J connectivity index is 0.000000326. The maximum atomic E-state index is 10.9. The van der Waals surface area contributed by atoms with E-state index in [0.29, 0.717) is 46.7 Å². The number of hydroxylamine groups is 1. The number of phenols is 2. The number of aromatic hydroxyl groups is 2. The lowest BCUT2D eigenvalue weighted by Crippen LogP contribution is -2.18. The maximum Gasteiger partial charge on any atom is 0.341 e. The van der Waals surface area contributed by atoms with Gasteiger partial charge in [0, 0.05) is 33.6 Å². The number of aromatic nitrogens is 2. The Morgan fingerprint density at radius 3 is 1.80 bits per heavy atom. The van der Waals surface area contributed by atoms with Crippen molar-refractivity contribution >= 4 is 114 Å². The highest BCUT2D eigenvalue weighted by Crippen LogP contribution is 2.25. The van der Waals surface area contributed by atoms with Crippen molar-refractivity contribution in [2.45, 2.75) is 0 Å². The van der Waals surface area contributed by atoms with E-state index in [0.717, 1.165) is 5.39 Å². The zero-order valence-electron chi connectivity index (χ0n) is 26.2. The fourth-order valence-electron chi connectivity index (χ4n) is 3.35. The molecule has 14 nitrogen and oxygen atoms in total. The van der Waals surface area contributed by atoms with Gasteiger partial charge in [-0.1, -0.05) is 85.8 Å². The molecule has 6 rings (SSSR count). The second kappa shape index (κ2) is 22.8. The molecule has 0 aliphatic carbocycles. The molecular formula is C30H26Cl5IN4O10. The summed E-state index contributed by atoms with van der Waals surface area (Å²) in [5, 5.41) is 42.4. The molecule has 8 N–H and O–H groups in total. The molecule has 0 unspecified atom stereocenters. The number of H-pyrrole nitrogens is 1. The number of fused-ring (bicyclic) bond motifs is 2. The summed E-state index contributed by atoms with van der Waals surface area (Å²) in [4.78, 5) is 33.1. The number of alkyl halides is 1. The summed E-state index contributed by atoms with van der Waals surface area (Å²) in [6.45, 7) is 0. The monoisotopic (exact) mass is 905 g/mol. The first-order valence-electron chi connectivity index (χ1n) is 13.5. The predicted molar refractivity (Wildman–Crippen MR) is 199 cm³/mol. The Hall–Kier alpha value is -3.78. The number of amides is 1. The Labute approximate surface area is 322 Å². The van der Waals surface area contributed by atoms with Crippen LogP contribution in [0, 0.1) is 0 Å². The lowest BCUT2D eigenvalue weighted by atomic mass is 10.2. The molecule has 0 aliphatic rings. The van der Waals surface area contributed by atoms with Crippen LogP contribution in [0.3, 0.4) is 0 Å². The minimum atomic E-state index is -0.774. The van der Waals surface area contributed by atoms with Gasteiger partial charge in [-0.25, -0.2) is 16.2 Å². The number of hydrogen-bond donors (Lipinski definition) is 7. The van der Waals surface area contributed by atoms with Gasteiger partial charge in [0.1, 0.15) is 17.1 Å². The van der Waals surface area contributed by atoms with Gasteiger partial charge in [-0.3, -0.25) is 14.8 Å². The molecule has 1 amide bonds. The van der Waals surface area contributed by atoms with Crippen LogP contribution in [0.4, 0.5) is 0 Å². The number of ether oxygens (including phenoxy) is 1. The molecule has 0 spiro atoms. The fourth-order valence-corrected chi connectivity index (χ4v) is 4.20. The number of carbonyl (C=O) groups is 2. The van der Waals surface area contributed by atoms with E-state index in [1.54, 1.807) is 36.4 Å². The van der Waals surface area contributed by atoms with Gasteiger partial charge in [0.2, 0.25) is 0 Å². The van der Waals surface area contributed by atoms with Crippen LogP contribution in [0.25, 0.3) is 21.9 Å². The molecule has 0 aliphatic heterocycles. The van der Waals surface area contributed by atoms with E-state index in [2.05, 4.69) is 20.9 Å². The number of nitrogens with two attached hydrogens (primary N) is 1. The van der Waals surface area contributed by atoms with Crippen LogP contribution in [0.1, 0.15) is 22.1 Å². The number of halogens is 6. The Kier molecular flexibility index (Phi) is 19.4. The van der Waals surface area contributed by atoms with Crippen LogP contribution in [-0.4, -0.2) is 54.8 Å². The van der Waals surface area contributed by atoms with Crippen molar-refractivity contribution in [3.63, 3.8) is 0 Å². The quantitative estimate of drug-likeness (QED) is 0.0286. The molecule has 50 heavy (non-hydrogen) atoms. The minimum Gasteiger partial charge on any atom is -0.507 e. The lowest BCUT2D eigenvalue weighted by Gasteiger charge is -2.01. The molecule has 268 valence electrons. The topological polar surface area (TPSA) is 234 Å². The number of hydrogen-bond acceptors (Lipinski definition) is 12. The average Bonchev–Trinajstić information content (AvgIpc) is 3.66. The first-order chi connectivity index (χ1) is 24.3. The second-order valence-electron chi connectivity index (χ2n) is 8.54. The number of nitrogens with zero attached hydrogens (tertiary/aromatic N) is 1. The van der Waals surface area contributed by atoms with Crippen molar-refractivity contribution in [1.82, 2.24) is 15.8 Å². The van der Waals surface area contributed by atoms with Gasteiger partial charge >= 0.3 is 5.97 Å². The van der Waals surface area contributed by atoms with E-state index in [-0.39, 0.29) is 28.2 Å². The normalized spacial score (nSPS) is 9.76. The molecule has 4 aromatic carbocycles. The predicted octanol–water partition coefficient (Wildman–Crippen LogP) is 8.29. The van der Waals surface area contributed by atoms with Crippen molar-refractivity contribution in [3.05, 3.63) is 120 Å². The summed E-state index contributed by atoms with van der Waals surface area (Å²) >= 11 is 30.0.